The largest absolute Gasteiger partial charge is 0.482 e. The summed E-state index contributed by atoms with van der Waals surface area (Å²) >= 11 is 0. The molecule has 0 radical (unpaired) electrons. The molecule has 164 valence electrons. The molecule has 32 heavy (non-hydrogen) atoms. The van der Waals surface area contributed by atoms with Gasteiger partial charge in [0.1, 0.15) is 17.6 Å². The molecule has 0 unspecified atom stereocenters. The molecule has 0 aliphatic heterocycles. The number of hydrazone groups is 1. The summed E-state index contributed by atoms with van der Waals surface area (Å²) in [6.07, 6.45) is 1.47. The molecule has 0 bridgehead atoms. The SMILES string of the molecule is C/C(=N\NC(=O)COc1ccccc1C#N)c1ccc(S(=O)(=O)NCc2ccco2)cc1. The molecule has 0 saturated heterocycles. The molecular formula is C22H20N4O5S. The molecule has 2 aromatic carbocycles. The second-order valence-electron chi connectivity index (χ2n) is 6.56. The quantitative estimate of drug-likeness (QED) is 0.379. The number of hydrogen-bond acceptors (Lipinski definition) is 7. The van der Waals surface area contributed by atoms with Crippen molar-refractivity contribution in [2.45, 2.75) is 18.4 Å². The second kappa shape index (κ2) is 10.4. The molecule has 0 atom stereocenters. The van der Waals surface area contributed by atoms with Crippen LogP contribution in [0.4, 0.5) is 0 Å². The van der Waals surface area contributed by atoms with Crippen molar-refractivity contribution in [3.8, 4) is 11.8 Å². The number of sulfonamides is 1. The zero-order valence-corrected chi connectivity index (χ0v) is 17.9. The first-order valence-corrected chi connectivity index (χ1v) is 10.9. The fourth-order valence-electron chi connectivity index (χ4n) is 2.61. The van der Waals surface area contributed by atoms with Gasteiger partial charge in [0.15, 0.2) is 6.61 Å². The Kier molecular flexibility index (Phi) is 7.38. The first kappa shape index (κ1) is 22.7. The lowest BCUT2D eigenvalue weighted by molar-refractivity contribution is -0.123. The summed E-state index contributed by atoms with van der Waals surface area (Å²) in [5, 5.41) is 13.0. The summed E-state index contributed by atoms with van der Waals surface area (Å²) in [4.78, 5) is 12.1. The van der Waals surface area contributed by atoms with E-state index in [2.05, 4.69) is 15.2 Å². The third-order valence-electron chi connectivity index (χ3n) is 4.31. The average molecular weight is 452 g/mol. The van der Waals surface area contributed by atoms with Crippen LogP contribution < -0.4 is 14.9 Å². The van der Waals surface area contributed by atoms with Crippen LogP contribution in [0.2, 0.25) is 0 Å². The Morgan fingerprint density at radius 1 is 1.12 bits per heavy atom. The van der Waals surface area contributed by atoms with E-state index in [0.29, 0.717) is 28.3 Å². The maximum absolute atomic E-state index is 12.4. The van der Waals surface area contributed by atoms with Crippen LogP contribution in [0, 0.1) is 11.3 Å². The highest BCUT2D eigenvalue weighted by atomic mass is 32.2. The van der Waals surface area contributed by atoms with Crippen LogP contribution in [0.1, 0.15) is 23.8 Å². The molecule has 0 spiro atoms. The molecule has 3 aromatic rings. The Hall–Kier alpha value is -3.94. The van der Waals surface area contributed by atoms with E-state index in [1.54, 1.807) is 55.5 Å². The van der Waals surface area contributed by atoms with Gasteiger partial charge in [0.05, 0.1) is 29.0 Å². The monoisotopic (exact) mass is 452 g/mol. The van der Waals surface area contributed by atoms with Crippen molar-refractivity contribution < 1.29 is 22.4 Å². The number of rotatable bonds is 9. The lowest BCUT2D eigenvalue weighted by Gasteiger charge is -2.08. The minimum Gasteiger partial charge on any atom is -0.482 e. The van der Waals surface area contributed by atoms with E-state index in [4.69, 9.17) is 14.4 Å². The Morgan fingerprint density at radius 2 is 1.88 bits per heavy atom. The maximum Gasteiger partial charge on any atom is 0.277 e. The molecule has 0 saturated carbocycles. The highest BCUT2D eigenvalue weighted by molar-refractivity contribution is 7.89. The van der Waals surface area contributed by atoms with E-state index in [-0.39, 0.29) is 18.0 Å². The van der Waals surface area contributed by atoms with Gasteiger partial charge in [-0.1, -0.05) is 24.3 Å². The van der Waals surface area contributed by atoms with Gasteiger partial charge < -0.3 is 9.15 Å². The molecule has 1 heterocycles. The molecule has 9 nitrogen and oxygen atoms in total. The number of furan rings is 1. The zero-order valence-electron chi connectivity index (χ0n) is 17.1. The van der Waals surface area contributed by atoms with Gasteiger partial charge in [-0.05, 0) is 48.9 Å². The number of nitrogens with zero attached hydrogens (tertiary/aromatic N) is 2. The predicted molar refractivity (Wildman–Crippen MR) is 116 cm³/mol. The smallest absolute Gasteiger partial charge is 0.277 e. The number of benzene rings is 2. The number of nitriles is 1. The molecule has 10 heteroatoms. The zero-order chi connectivity index (χ0) is 23.0. The number of carbonyl (C=O) groups excluding carboxylic acids is 1. The van der Waals surface area contributed by atoms with Crippen molar-refractivity contribution in [3.63, 3.8) is 0 Å². The van der Waals surface area contributed by atoms with Crippen LogP contribution in [0.25, 0.3) is 0 Å². The standard InChI is InChI=1S/C22H20N4O5S/c1-16(25-26-22(27)15-31-21-7-3-2-5-18(21)13-23)17-8-10-20(11-9-17)32(28,29)24-14-19-6-4-12-30-19/h2-12,24H,14-15H2,1H3,(H,26,27)/b25-16+. The van der Waals surface area contributed by atoms with E-state index in [1.165, 1.54) is 18.4 Å². The molecule has 2 N–H and O–H groups in total. The molecule has 3 rings (SSSR count). The van der Waals surface area contributed by atoms with E-state index in [1.807, 2.05) is 6.07 Å². The molecule has 1 aromatic heterocycles. The van der Waals surface area contributed by atoms with Gasteiger partial charge in [0.25, 0.3) is 5.91 Å². The average Bonchev–Trinajstić information content (AvgIpc) is 3.34. The summed E-state index contributed by atoms with van der Waals surface area (Å²) in [5.74, 6) is 0.311. The Balaban J connectivity index is 1.55. The fourth-order valence-corrected chi connectivity index (χ4v) is 3.60. The van der Waals surface area contributed by atoms with Crippen LogP contribution in [0.15, 0.2) is 81.3 Å². The highest BCUT2D eigenvalue weighted by Gasteiger charge is 2.14. The first-order valence-electron chi connectivity index (χ1n) is 9.46. The van der Waals surface area contributed by atoms with Crippen LogP contribution in [0.3, 0.4) is 0 Å². The topological polar surface area (TPSA) is 134 Å². The van der Waals surface area contributed by atoms with Crippen molar-refractivity contribution in [1.82, 2.24) is 10.1 Å². The van der Waals surface area contributed by atoms with E-state index < -0.39 is 15.9 Å². The van der Waals surface area contributed by atoms with Gasteiger partial charge in [0.2, 0.25) is 10.0 Å². The van der Waals surface area contributed by atoms with Crippen LogP contribution in [-0.4, -0.2) is 26.6 Å². The van der Waals surface area contributed by atoms with Crippen LogP contribution >= 0.6 is 0 Å². The van der Waals surface area contributed by atoms with Crippen LogP contribution in [-0.2, 0) is 21.4 Å². The number of nitrogens with one attached hydrogen (secondary N) is 2. The van der Waals surface area contributed by atoms with Gasteiger partial charge in [-0.15, -0.1) is 0 Å². The Bertz CT molecular complexity index is 1240. The number of para-hydroxylation sites is 1. The number of carbonyl (C=O) groups is 1. The third-order valence-corrected chi connectivity index (χ3v) is 5.73. The predicted octanol–water partition coefficient (Wildman–Crippen LogP) is 2.55. The summed E-state index contributed by atoms with van der Waals surface area (Å²) in [5.41, 5.74) is 3.80. The van der Waals surface area contributed by atoms with Gasteiger partial charge in [-0.3, -0.25) is 4.79 Å². The minimum atomic E-state index is -3.70. The minimum absolute atomic E-state index is 0.0461. The van der Waals surface area contributed by atoms with Crippen molar-refractivity contribution in [2.75, 3.05) is 6.61 Å². The molecule has 0 aliphatic carbocycles. The third kappa shape index (κ3) is 6.04. The molecule has 1 amide bonds. The van der Waals surface area contributed by atoms with Crippen molar-refractivity contribution >= 4 is 21.6 Å². The summed E-state index contributed by atoms with van der Waals surface area (Å²) in [6, 6.07) is 18.0. The second-order valence-corrected chi connectivity index (χ2v) is 8.32. The Labute approximate surface area is 185 Å². The van der Waals surface area contributed by atoms with Gasteiger partial charge in [0, 0.05) is 0 Å². The van der Waals surface area contributed by atoms with Crippen LogP contribution in [0.5, 0.6) is 5.75 Å². The van der Waals surface area contributed by atoms with Crippen molar-refractivity contribution in [3.05, 3.63) is 83.8 Å². The van der Waals surface area contributed by atoms with Crippen molar-refractivity contribution in [2.24, 2.45) is 5.10 Å². The van der Waals surface area contributed by atoms with Gasteiger partial charge in [-0.2, -0.15) is 10.4 Å². The fraction of sp³-hybridized carbons (Fsp3) is 0.136. The molecular weight excluding hydrogens is 432 g/mol. The molecule has 0 fully saturated rings. The van der Waals surface area contributed by atoms with E-state index in [9.17, 15) is 13.2 Å². The number of amides is 1. The maximum atomic E-state index is 12.4. The van der Waals surface area contributed by atoms with Crippen molar-refractivity contribution in [1.29, 1.82) is 5.26 Å². The van der Waals surface area contributed by atoms with E-state index in [0.717, 1.165) is 0 Å². The highest BCUT2D eigenvalue weighted by Crippen LogP contribution is 2.16. The lowest BCUT2D eigenvalue weighted by Crippen LogP contribution is -2.25. The number of hydrogen-bond donors (Lipinski definition) is 2. The van der Waals surface area contributed by atoms with Gasteiger partial charge in [-0.25, -0.2) is 18.6 Å². The number of ether oxygens (including phenoxy) is 1. The lowest BCUT2D eigenvalue weighted by atomic mass is 10.1. The van der Waals surface area contributed by atoms with Gasteiger partial charge >= 0.3 is 0 Å². The summed E-state index contributed by atoms with van der Waals surface area (Å²) < 4.78 is 37.7. The summed E-state index contributed by atoms with van der Waals surface area (Å²) in [6.45, 7) is 1.41. The normalized spacial score (nSPS) is 11.6. The summed E-state index contributed by atoms with van der Waals surface area (Å²) in [7, 11) is -3.70. The first-order chi connectivity index (χ1) is 15.4. The Morgan fingerprint density at radius 3 is 2.56 bits per heavy atom. The van der Waals surface area contributed by atoms with E-state index >= 15 is 0 Å². The molecule has 0 aliphatic rings.